The number of nitrogens with zero attached hydrogens (tertiary/aromatic N) is 1. The van der Waals surface area contributed by atoms with Gasteiger partial charge in [-0.05, 0) is 18.2 Å². The van der Waals surface area contributed by atoms with Crippen molar-refractivity contribution in [3.05, 3.63) is 46.7 Å². The van der Waals surface area contributed by atoms with Gasteiger partial charge in [0.2, 0.25) is 0 Å². The molecule has 2 rings (SSSR count). The van der Waals surface area contributed by atoms with Crippen LogP contribution in [0.5, 0.6) is 5.75 Å². The van der Waals surface area contributed by atoms with Gasteiger partial charge in [-0.2, -0.15) is 5.10 Å². The van der Waals surface area contributed by atoms with E-state index in [2.05, 4.69) is 15.5 Å². The fourth-order valence-corrected chi connectivity index (χ4v) is 1.52. The van der Waals surface area contributed by atoms with Crippen molar-refractivity contribution in [1.29, 1.82) is 0 Å². The Labute approximate surface area is 102 Å². The number of aromatic nitrogens is 2. The normalized spacial score (nSPS) is 10.2. The average molecular weight is 252 g/mol. The summed E-state index contributed by atoms with van der Waals surface area (Å²) in [5.74, 6) is -0.498. The van der Waals surface area contributed by atoms with Crippen LogP contribution in [0.2, 0.25) is 5.02 Å². The zero-order chi connectivity index (χ0) is 12.3. The maximum Gasteiger partial charge on any atom is 0.255 e. The molecule has 3 N–H and O–H groups in total. The Morgan fingerprint density at radius 2 is 2.35 bits per heavy atom. The van der Waals surface area contributed by atoms with Gasteiger partial charge in [-0.3, -0.25) is 9.89 Å². The van der Waals surface area contributed by atoms with E-state index in [1.54, 1.807) is 18.5 Å². The molecule has 0 spiro atoms. The number of carbonyl (C=O) groups excluding carboxylic acids is 1. The van der Waals surface area contributed by atoms with Gasteiger partial charge >= 0.3 is 0 Å². The maximum atomic E-state index is 11.7. The van der Waals surface area contributed by atoms with Crippen molar-refractivity contribution in [3.8, 4) is 5.75 Å². The zero-order valence-corrected chi connectivity index (χ0v) is 9.53. The largest absolute Gasteiger partial charge is 0.507 e. The molecule has 0 atom stereocenters. The molecule has 0 bridgehead atoms. The summed E-state index contributed by atoms with van der Waals surface area (Å²) < 4.78 is 0. The monoisotopic (exact) mass is 251 g/mol. The lowest BCUT2D eigenvalue weighted by Crippen LogP contribution is -2.22. The molecule has 88 valence electrons. The first-order valence-electron chi connectivity index (χ1n) is 4.91. The quantitative estimate of drug-likeness (QED) is 0.777. The first kappa shape index (κ1) is 11.5. The van der Waals surface area contributed by atoms with Gasteiger partial charge in [-0.15, -0.1) is 0 Å². The smallest absolute Gasteiger partial charge is 0.255 e. The molecule has 1 aromatic heterocycles. The molecule has 0 aliphatic carbocycles. The van der Waals surface area contributed by atoms with E-state index in [4.69, 9.17) is 11.6 Å². The van der Waals surface area contributed by atoms with Crippen LogP contribution >= 0.6 is 11.6 Å². The molecule has 0 aliphatic rings. The summed E-state index contributed by atoms with van der Waals surface area (Å²) in [5, 5.41) is 19.0. The molecule has 0 unspecified atom stereocenters. The van der Waals surface area contributed by atoms with Crippen LogP contribution in [0.3, 0.4) is 0 Å². The van der Waals surface area contributed by atoms with Gasteiger partial charge in [0.15, 0.2) is 0 Å². The lowest BCUT2D eigenvalue weighted by atomic mass is 10.2. The van der Waals surface area contributed by atoms with Crippen molar-refractivity contribution in [1.82, 2.24) is 15.5 Å². The van der Waals surface area contributed by atoms with Crippen molar-refractivity contribution in [2.75, 3.05) is 0 Å². The number of benzene rings is 1. The minimum absolute atomic E-state index is 0.137. The van der Waals surface area contributed by atoms with Crippen LogP contribution < -0.4 is 5.32 Å². The molecule has 0 fully saturated rings. The van der Waals surface area contributed by atoms with E-state index < -0.39 is 0 Å². The molecule has 1 aromatic carbocycles. The fraction of sp³-hybridized carbons (Fsp3) is 0.0909. The number of phenolic OH excluding ortho intramolecular Hbond substituents is 1. The lowest BCUT2D eigenvalue weighted by molar-refractivity contribution is 0.0948. The number of phenols is 1. The Bertz CT molecular complexity index is 526. The topological polar surface area (TPSA) is 78.0 Å². The van der Waals surface area contributed by atoms with Crippen molar-refractivity contribution in [3.63, 3.8) is 0 Å². The number of hydrogen-bond donors (Lipinski definition) is 3. The predicted octanol–water partition coefficient (Wildman–Crippen LogP) is 1.70. The SMILES string of the molecule is O=C(NCc1cn[nH]c1)c1ccc(Cl)cc1O. The first-order chi connectivity index (χ1) is 8.16. The second-order valence-electron chi connectivity index (χ2n) is 3.45. The zero-order valence-electron chi connectivity index (χ0n) is 8.77. The number of aromatic hydroxyl groups is 1. The number of rotatable bonds is 3. The average Bonchev–Trinajstić information content (AvgIpc) is 2.78. The number of carbonyl (C=O) groups is 1. The summed E-state index contributed by atoms with van der Waals surface area (Å²) in [6.07, 6.45) is 3.30. The highest BCUT2D eigenvalue weighted by atomic mass is 35.5. The number of aromatic amines is 1. The number of hydrogen-bond acceptors (Lipinski definition) is 3. The Hall–Kier alpha value is -2.01. The predicted molar refractivity (Wildman–Crippen MR) is 62.9 cm³/mol. The molecule has 0 radical (unpaired) electrons. The van der Waals surface area contributed by atoms with Crippen molar-refractivity contribution in [2.45, 2.75) is 6.54 Å². The second kappa shape index (κ2) is 4.88. The van der Waals surface area contributed by atoms with Crippen molar-refractivity contribution < 1.29 is 9.90 Å². The van der Waals surface area contributed by atoms with E-state index >= 15 is 0 Å². The van der Waals surface area contributed by atoms with Gasteiger partial charge in [-0.25, -0.2) is 0 Å². The van der Waals surface area contributed by atoms with Gasteiger partial charge < -0.3 is 10.4 Å². The Balaban J connectivity index is 2.04. The maximum absolute atomic E-state index is 11.7. The van der Waals surface area contributed by atoms with Crippen LogP contribution in [0.25, 0.3) is 0 Å². The van der Waals surface area contributed by atoms with Crippen LogP contribution in [0.1, 0.15) is 15.9 Å². The molecule has 1 heterocycles. The summed E-state index contributed by atoms with van der Waals surface area (Å²) in [7, 11) is 0. The van der Waals surface area contributed by atoms with Crippen LogP contribution in [-0.4, -0.2) is 21.2 Å². The third-order valence-electron chi connectivity index (χ3n) is 2.21. The van der Waals surface area contributed by atoms with Crippen LogP contribution in [0.4, 0.5) is 0 Å². The molecule has 17 heavy (non-hydrogen) atoms. The summed E-state index contributed by atoms with van der Waals surface area (Å²) in [4.78, 5) is 11.7. The van der Waals surface area contributed by atoms with E-state index in [0.29, 0.717) is 11.6 Å². The highest BCUT2D eigenvalue weighted by Crippen LogP contribution is 2.21. The van der Waals surface area contributed by atoms with Crippen molar-refractivity contribution in [2.24, 2.45) is 0 Å². The van der Waals surface area contributed by atoms with Crippen LogP contribution in [-0.2, 0) is 6.54 Å². The fourth-order valence-electron chi connectivity index (χ4n) is 1.35. The minimum Gasteiger partial charge on any atom is -0.507 e. The third-order valence-corrected chi connectivity index (χ3v) is 2.45. The van der Waals surface area contributed by atoms with E-state index in [0.717, 1.165) is 5.56 Å². The Morgan fingerprint density at radius 1 is 1.53 bits per heavy atom. The molecule has 0 aliphatic heterocycles. The molecular weight excluding hydrogens is 242 g/mol. The van der Waals surface area contributed by atoms with Gasteiger partial charge in [0.25, 0.3) is 5.91 Å². The molecular formula is C11H10ClN3O2. The van der Waals surface area contributed by atoms with Crippen LogP contribution in [0.15, 0.2) is 30.6 Å². The summed E-state index contributed by atoms with van der Waals surface area (Å²) in [6.45, 7) is 0.345. The molecule has 0 saturated heterocycles. The second-order valence-corrected chi connectivity index (χ2v) is 3.89. The molecule has 6 heteroatoms. The third kappa shape index (κ3) is 2.76. The summed E-state index contributed by atoms with van der Waals surface area (Å²) in [5.41, 5.74) is 1.05. The summed E-state index contributed by atoms with van der Waals surface area (Å²) in [6, 6.07) is 4.35. The summed E-state index contributed by atoms with van der Waals surface area (Å²) >= 11 is 5.68. The number of halogens is 1. The van der Waals surface area contributed by atoms with Crippen molar-refractivity contribution >= 4 is 17.5 Å². The van der Waals surface area contributed by atoms with Gasteiger partial charge in [0, 0.05) is 23.3 Å². The Morgan fingerprint density at radius 3 is 3.00 bits per heavy atom. The number of H-pyrrole nitrogens is 1. The van der Waals surface area contributed by atoms with Crippen LogP contribution in [0, 0.1) is 0 Å². The molecule has 5 nitrogen and oxygen atoms in total. The van der Waals surface area contributed by atoms with Gasteiger partial charge in [0.05, 0.1) is 11.8 Å². The molecule has 0 saturated carbocycles. The van der Waals surface area contributed by atoms with Gasteiger partial charge in [-0.1, -0.05) is 11.6 Å². The van der Waals surface area contributed by atoms with E-state index in [1.165, 1.54) is 12.1 Å². The Kier molecular flexibility index (Phi) is 3.30. The number of nitrogens with one attached hydrogen (secondary N) is 2. The van der Waals surface area contributed by atoms with E-state index in [1.807, 2.05) is 0 Å². The molecule has 1 amide bonds. The first-order valence-corrected chi connectivity index (χ1v) is 5.29. The highest BCUT2D eigenvalue weighted by molar-refractivity contribution is 6.30. The minimum atomic E-state index is -0.361. The molecule has 2 aromatic rings. The lowest BCUT2D eigenvalue weighted by Gasteiger charge is -2.05. The number of amides is 1. The highest BCUT2D eigenvalue weighted by Gasteiger charge is 2.10. The standard InChI is InChI=1S/C11H10ClN3O2/c12-8-1-2-9(10(16)3-8)11(17)13-4-7-5-14-15-6-7/h1-3,5-6,16H,4H2,(H,13,17)(H,14,15). The van der Waals surface area contributed by atoms with Gasteiger partial charge in [0.1, 0.15) is 5.75 Å². The van der Waals surface area contributed by atoms with E-state index in [-0.39, 0.29) is 17.2 Å². The van der Waals surface area contributed by atoms with E-state index in [9.17, 15) is 9.90 Å².